The number of hydrogen-bond donors (Lipinski definition) is 1. The minimum atomic E-state index is -0.605. The van der Waals surface area contributed by atoms with Crippen molar-refractivity contribution in [1.82, 2.24) is 14.9 Å². The Morgan fingerprint density at radius 1 is 1.19 bits per heavy atom. The van der Waals surface area contributed by atoms with E-state index in [9.17, 15) is 5.11 Å². The molecule has 26 heavy (non-hydrogen) atoms. The molecule has 6 nitrogen and oxygen atoms in total. The summed E-state index contributed by atoms with van der Waals surface area (Å²) in [4.78, 5) is 13.3. The van der Waals surface area contributed by atoms with E-state index in [2.05, 4.69) is 31.9 Å². The molecule has 0 radical (unpaired) electrons. The van der Waals surface area contributed by atoms with Gasteiger partial charge in [0.05, 0.1) is 18.9 Å². The summed E-state index contributed by atoms with van der Waals surface area (Å²) in [7, 11) is 0. The number of aliphatic hydroxyl groups excluding tert-OH is 1. The van der Waals surface area contributed by atoms with E-state index < -0.39 is 6.23 Å². The van der Waals surface area contributed by atoms with Gasteiger partial charge in [-0.25, -0.2) is 0 Å². The molecule has 0 bridgehead atoms. The molecule has 2 aromatic rings. The van der Waals surface area contributed by atoms with Crippen molar-refractivity contribution in [3.8, 4) is 0 Å². The van der Waals surface area contributed by atoms with Crippen LogP contribution in [0.2, 0.25) is 0 Å². The number of rotatable bonds is 4. The molecule has 1 atom stereocenters. The van der Waals surface area contributed by atoms with Crippen LogP contribution < -0.4 is 4.90 Å². The van der Waals surface area contributed by atoms with E-state index in [1.807, 2.05) is 25.4 Å². The summed E-state index contributed by atoms with van der Waals surface area (Å²) in [6.07, 6.45) is 3.95. The van der Waals surface area contributed by atoms with E-state index in [0.717, 1.165) is 67.5 Å². The molecule has 7 heteroatoms. The van der Waals surface area contributed by atoms with Crippen LogP contribution in [0.5, 0.6) is 0 Å². The van der Waals surface area contributed by atoms with Crippen LogP contribution in [0.4, 0.5) is 5.69 Å². The Labute approximate surface area is 160 Å². The number of halogens is 1. The number of fused-ring (bicyclic) bond motifs is 1. The Bertz CT molecular complexity index is 735. The molecule has 0 aromatic carbocycles. The number of aryl methyl sites for hydroxylation is 1. The van der Waals surface area contributed by atoms with Crippen molar-refractivity contribution in [3.05, 3.63) is 53.1 Å². The zero-order valence-electron chi connectivity index (χ0n) is 15.0. The van der Waals surface area contributed by atoms with Crippen LogP contribution in [-0.4, -0.2) is 52.8 Å². The van der Waals surface area contributed by atoms with Gasteiger partial charge < -0.3 is 14.7 Å². The van der Waals surface area contributed by atoms with Crippen LogP contribution in [0.15, 0.2) is 30.6 Å². The summed E-state index contributed by atoms with van der Waals surface area (Å²) in [5.74, 6) is 0. The van der Waals surface area contributed by atoms with Crippen molar-refractivity contribution >= 4 is 18.1 Å². The molecule has 0 aliphatic carbocycles. The number of ether oxygens (including phenoxy) is 1. The lowest BCUT2D eigenvalue weighted by Crippen LogP contribution is -2.37. The van der Waals surface area contributed by atoms with Gasteiger partial charge in [0.25, 0.3) is 0 Å². The van der Waals surface area contributed by atoms with Gasteiger partial charge in [-0.2, -0.15) is 0 Å². The van der Waals surface area contributed by atoms with Crippen molar-refractivity contribution in [3.63, 3.8) is 0 Å². The molecule has 2 aromatic heterocycles. The molecular formula is C19H25ClN4O2. The van der Waals surface area contributed by atoms with Gasteiger partial charge in [-0.1, -0.05) is 6.07 Å². The molecule has 0 amide bonds. The Kier molecular flexibility index (Phi) is 6.09. The van der Waals surface area contributed by atoms with Gasteiger partial charge in [-0.15, -0.1) is 12.4 Å². The van der Waals surface area contributed by atoms with Gasteiger partial charge >= 0.3 is 0 Å². The summed E-state index contributed by atoms with van der Waals surface area (Å²) < 4.78 is 5.45. The summed E-state index contributed by atoms with van der Waals surface area (Å²) in [5.41, 5.74) is 5.25. The topological polar surface area (TPSA) is 61.7 Å². The van der Waals surface area contributed by atoms with E-state index >= 15 is 0 Å². The number of aliphatic hydroxyl groups is 1. The average Bonchev–Trinajstić information content (AvgIpc) is 2.98. The summed E-state index contributed by atoms with van der Waals surface area (Å²) >= 11 is 0. The van der Waals surface area contributed by atoms with Crippen LogP contribution in [0.25, 0.3) is 0 Å². The van der Waals surface area contributed by atoms with E-state index in [4.69, 9.17) is 4.74 Å². The fraction of sp³-hybridized carbons (Fsp3) is 0.474. The predicted octanol–water partition coefficient (Wildman–Crippen LogP) is 2.09. The van der Waals surface area contributed by atoms with Gasteiger partial charge in [0, 0.05) is 61.9 Å². The van der Waals surface area contributed by atoms with Gasteiger partial charge in [0.1, 0.15) is 6.23 Å². The molecule has 1 N–H and O–H groups in total. The van der Waals surface area contributed by atoms with E-state index in [0.29, 0.717) is 6.54 Å². The first-order valence-electron chi connectivity index (χ1n) is 8.86. The van der Waals surface area contributed by atoms with Crippen LogP contribution in [0.1, 0.15) is 28.7 Å². The van der Waals surface area contributed by atoms with Crippen molar-refractivity contribution in [2.75, 3.05) is 37.7 Å². The SMILES string of the molecule is Cc1ccc(CCN2Cc3nccc(N4CCOCC4)c3C2O)nc1.Cl. The third-order valence-electron chi connectivity index (χ3n) is 4.99. The Hall–Kier alpha value is -1.73. The van der Waals surface area contributed by atoms with Gasteiger partial charge in [-0.3, -0.25) is 14.9 Å². The maximum absolute atomic E-state index is 10.9. The normalized spacial score (nSPS) is 19.9. The molecule has 0 spiro atoms. The van der Waals surface area contributed by atoms with Gasteiger partial charge in [0.15, 0.2) is 0 Å². The summed E-state index contributed by atoms with van der Waals surface area (Å²) in [6, 6.07) is 6.15. The Balaban J connectivity index is 0.00000196. The van der Waals surface area contributed by atoms with Crippen LogP contribution in [-0.2, 0) is 17.7 Å². The highest BCUT2D eigenvalue weighted by molar-refractivity contribution is 5.85. The third kappa shape index (κ3) is 3.83. The second-order valence-electron chi connectivity index (χ2n) is 6.71. The van der Waals surface area contributed by atoms with Crippen LogP contribution in [0, 0.1) is 6.92 Å². The minimum absolute atomic E-state index is 0. The Morgan fingerprint density at radius 2 is 2.00 bits per heavy atom. The van der Waals surface area contributed by atoms with Crippen molar-refractivity contribution in [1.29, 1.82) is 0 Å². The average molecular weight is 377 g/mol. The summed E-state index contributed by atoms with van der Waals surface area (Å²) in [5, 5.41) is 10.9. The lowest BCUT2D eigenvalue weighted by Gasteiger charge is -2.31. The number of morpholine rings is 1. The first-order valence-corrected chi connectivity index (χ1v) is 8.86. The molecule has 2 aliphatic heterocycles. The minimum Gasteiger partial charge on any atom is -0.378 e. The number of aromatic nitrogens is 2. The van der Waals surface area contributed by atoms with Crippen molar-refractivity contribution in [2.24, 2.45) is 0 Å². The van der Waals surface area contributed by atoms with Crippen molar-refractivity contribution < 1.29 is 9.84 Å². The number of nitrogens with zero attached hydrogens (tertiary/aromatic N) is 4. The smallest absolute Gasteiger partial charge is 0.137 e. The highest BCUT2D eigenvalue weighted by Crippen LogP contribution is 2.37. The maximum Gasteiger partial charge on any atom is 0.137 e. The number of hydrogen-bond acceptors (Lipinski definition) is 6. The zero-order chi connectivity index (χ0) is 17.2. The Morgan fingerprint density at radius 3 is 2.73 bits per heavy atom. The molecule has 2 aliphatic rings. The fourth-order valence-electron chi connectivity index (χ4n) is 3.56. The number of anilines is 1. The zero-order valence-corrected chi connectivity index (χ0v) is 15.8. The third-order valence-corrected chi connectivity index (χ3v) is 4.99. The fourth-order valence-corrected chi connectivity index (χ4v) is 3.56. The quantitative estimate of drug-likeness (QED) is 0.881. The van der Waals surface area contributed by atoms with Crippen molar-refractivity contribution in [2.45, 2.75) is 26.1 Å². The molecule has 1 fully saturated rings. The molecule has 4 heterocycles. The van der Waals surface area contributed by atoms with E-state index in [1.54, 1.807) is 0 Å². The molecule has 1 unspecified atom stereocenters. The van der Waals surface area contributed by atoms with E-state index in [-0.39, 0.29) is 12.4 Å². The van der Waals surface area contributed by atoms with Crippen LogP contribution in [0.3, 0.4) is 0 Å². The monoisotopic (exact) mass is 376 g/mol. The first kappa shape index (κ1) is 19.0. The first-order chi connectivity index (χ1) is 12.2. The molecule has 1 saturated heterocycles. The second-order valence-corrected chi connectivity index (χ2v) is 6.71. The lowest BCUT2D eigenvalue weighted by molar-refractivity contribution is 0.0144. The summed E-state index contributed by atoms with van der Waals surface area (Å²) in [6.45, 7) is 6.66. The highest BCUT2D eigenvalue weighted by Gasteiger charge is 2.33. The van der Waals surface area contributed by atoms with E-state index in [1.165, 1.54) is 0 Å². The lowest BCUT2D eigenvalue weighted by atomic mass is 10.1. The molecular weight excluding hydrogens is 352 g/mol. The molecule has 0 saturated carbocycles. The standard InChI is InChI=1S/C19H24N4O2.ClH/c1-14-2-3-15(21-12-14)5-7-23-13-16-18(19(23)24)17(4-6-20-16)22-8-10-25-11-9-22;/h2-4,6,12,19,24H,5,7-11,13H2,1H3;1H. The predicted molar refractivity (Wildman–Crippen MR) is 103 cm³/mol. The van der Waals surface area contributed by atoms with Crippen LogP contribution >= 0.6 is 12.4 Å². The van der Waals surface area contributed by atoms with Gasteiger partial charge in [0.2, 0.25) is 0 Å². The second kappa shape index (κ2) is 8.31. The molecule has 4 rings (SSSR count). The number of pyridine rings is 2. The maximum atomic E-state index is 10.9. The van der Waals surface area contributed by atoms with Gasteiger partial charge in [-0.05, 0) is 24.6 Å². The molecule has 140 valence electrons. The largest absolute Gasteiger partial charge is 0.378 e. The highest BCUT2D eigenvalue weighted by atomic mass is 35.5.